The van der Waals surface area contributed by atoms with Crippen LogP contribution in [0.5, 0.6) is 11.5 Å². The minimum atomic E-state index is -0.280. The Morgan fingerprint density at radius 2 is 1.96 bits per heavy atom. The summed E-state index contributed by atoms with van der Waals surface area (Å²) in [6.07, 6.45) is 0. The zero-order chi connectivity index (χ0) is 18.4. The first kappa shape index (κ1) is 17.8. The second-order valence-corrected chi connectivity index (χ2v) is 6.11. The lowest BCUT2D eigenvalue weighted by Gasteiger charge is -2.05. The maximum Gasteiger partial charge on any atom is 0.277 e. The van der Waals surface area contributed by atoms with Gasteiger partial charge in [-0.25, -0.2) is 0 Å². The van der Waals surface area contributed by atoms with E-state index < -0.39 is 0 Å². The molecule has 1 amide bonds. The summed E-state index contributed by atoms with van der Waals surface area (Å²) in [5, 5.41) is 20.5. The van der Waals surface area contributed by atoms with Crippen LogP contribution < -0.4 is 10.1 Å². The molecule has 1 heterocycles. The average molecular weight is 371 g/mol. The van der Waals surface area contributed by atoms with Gasteiger partial charge >= 0.3 is 0 Å². The molecule has 2 aromatic carbocycles. The van der Waals surface area contributed by atoms with E-state index in [1.165, 1.54) is 6.07 Å². The van der Waals surface area contributed by atoms with Crippen molar-refractivity contribution in [1.82, 2.24) is 10.2 Å². The van der Waals surface area contributed by atoms with E-state index in [-0.39, 0.29) is 17.4 Å². The predicted molar refractivity (Wildman–Crippen MR) is 98.4 cm³/mol. The Labute approximate surface area is 154 Å². The number of hydrogen-bond acceptors (Lipinski definition) is 7. The highest BCUT2D eigenvalue weighted by molar-refractivity contribution is 7.99. The number of anilines is 1. The lowest BCUT2D eigenvalue weighted by Crippen LogP contribution is -2.14. The van der Waals surface area contributed by atoms with Crippen LogP contribution in [0.1, 0.15) is 6.92 Å². The Morgan fingerprint density at radius 3 is 2.69 bits per heavy atom. The van der Waals surface area contributed by atoms with Crippen molar-refractivity contribution in [1.29, 1.82) is 0 Å². The molecule has 0 saturated carbocycles. The van der Waals surface area contributed by atoms with Crippen LogP contribution in [0.2, 0.25) is 0 Å². The number of thioether (sulfide) groups is 1. The number of carbonyl (C=O) groups excluding carboxylic acids is 1. The summed E-state index contributed by atoms with van der Waals surface area (Å²) in [5.41, 5.74) is 1.13. The highest BCUT2D eigenvalue weighted by Crippen LogP contribution is 2.26. The van der Waals surface area contributed by atoms with Crippen molar-refractivity contribution in [3.63, 3.8) is 0 Å². The van der Waals surface area contributed by atoms with Crippen molar-refractivity contribution in [2.75, 3.05) is 17.7 Å². The van der Waals surface area contributed by atoms with Crippen LogP contribution in [0.25, 0.3) is 11.5 Å². The van der Waals surface area contributed by atoms with Crippen LogP contribution in [0.3, 0.4) is 0 Å². The smallest absolute Gasteiger partial charge is 0.277 e. The van der Waals surface area contributed by atoms with Gasteiger partial charge in [-0.15, -0.1) is 10.2 Å². The summed E-state index contributed by atoms with van der Waals surface area (Å²) in [7, 11) is 0. The van der Waals surface area contributed by atoms with E-state index in [9.17, 15) is 9.90 Å². The molecule has 0 atom stereocenters. The van der Waals surface area contributed by atoms with Crippen molar-refractivity contribution in [2.45, 2.75) is 12.1 Å². The molecule has 0 spiro atoms. The number of rotatable bonds is 7. The van der Waals surface area contributed by atoms with Crippen molar-refractivity contribution in [3.8, 4) is 23.0 Å². The van der Waals surface area contributed by atoms with Crippen LogP contribution in [-0.4, -0.2) is 33.6 Å². The molecular weight excluding hydrogens is 354 g/mol. The third kappa shape index (κ3) is 4.54. The minimum absolute atomic E-state index is 0.0152. The Kier molecular flexibility index (Phi) is 5.75. The quantitative estimate of drug-likeness (QED) is 0.484. The summed E-state index contributed by atoms with van der Waals surface area (Å²) in [4.78, 5) is 12.0. The van der Waals surface area contributed by atoms with Gasteiger partial charge in [-0.1, -0.05) is 23.9 Å². The second kappa shape index (κ2) is 8.39. The highest BCUT2D eigenvalue weighted by Gasteiger charge is 2.12. The zero-order valence-electron chi connectivity index (χ0n) is 14.0. The van der Waals surface area contributed by atoms with Crippen LogP contribution in [0.15, 0.2) is 58.2 Å². The topological polar surface area (TPSA) is 97.5 Å². The molecule has 0 bridgehead atoms. The van der Waals surface area contributed by atoms with Gasteiger partial charge in [0, 0.05) is 5.56 Å². The number of carbonyl (C=O) groups is 1. The Balaban J connectivity index is 1.56. The Morgan fingerprint density at radius 1 is 1.19 bits per heavy atom. The maximum atomic E-state index is 12.0. The Bertz CT molecular complexity index is 880. The van der Waals surface area contributed by atoms with Gasteiger partial charge in [-0.3, -0.25) is 4.79 Å². The maximum absolute atomic E-state index is 12.0. The number of nitrogens with one attached hydrogen (secondary N) is 1. The van der Waals surface area contributed by atoms with Gasteiger partial charge in [-0.05, 0) is 43.3 Å². The van der Waals surface area contributed by atoms with Crippen molar-refractivity contribution < 1.29 is 19.1 Å². The number of aromatic nitrogens is 2. The molecular formula is C18H17N3O4S. The molecule has 2 N–H and O–H groups in total. The van der Waals surface area contributed by atoms with Crippen LogP contribution in [0, 0.1) is 0 Å². The lowest BCUT2D eigenvalue weighted by atomic mass is 10.2. The molecule has 3 aromatic rings. The van der Waals surface area contributed by atoms with Crippen LogP contribution >= 0.6 is 11.8 Å². The molecule has 0 aliphatic heterocycles. The van der Waals surface area contributed by atoms with Crippen LogP contribution in [0.4, 0.5) is 5.69 Å². The number of nitrogens with zero attached hydrogens (tertiary/aromatic N) is 2. The van der Waals surface area contributed by atoms with Crippen molar-refractivity contribution >= 4 is 23.4 Å². The molecule has 8 heteroatoms. The highest BCUT2D eigenvalue weighted by atomic mass is 32.2. The normalized spacial score (nSPS) is 10.5. The molecule has 26 heavy (non-hydrogen) atoms. The SMILES string of the molecule is CCOc1ccc(-c2nnc(SCC(=O)Nc3ccccc3O)o2)cc1. The number of aromatic hydroxyl groups is 1. The number of hydrogen-bond donors (Lipinski definition) is 2. The predicted octanol–water partition coefficient (Wildman–Crippen LogP) is 3.57. The third-order valence-corrected chi connectivity index (χ3v) is 4.14. The van der Waals surface area contributed by atoms with Crippen LogP contribution in [-0.2, 0) is 4.79 Å². The third-order valence-electron chi connectivity index (χ3n) is 3.32. The fourth-order valence-electron chi connectivity index (χ4n) is 2.14. The van der Waals surface area contributed by atoms with E-state index in [0.717, 1.165) is 23.1 Å². The number of amides is 1. The number of phenols is 1. The van der Waals surface area contributed by atoms with Crippen molar-refractivity contribution in [2.24, 2.45) is 0 Å². The number of benzene rings is 2. The standard InChI is InChI=1S/C18H17N3O4S/c1-2-24-13-9-7-12(8-10-13)17-20-21-18(25-17)26-11-16(23)19-14-5-3-4-6-15(14)22/h3-10,22H,2,11H2,1H3,(H,19,23). The first-order chi connectivity index (χ1) is 12.7. The van der Waals surface area contributed by atoms with E-state index in [1.807, 2.05) is 31.2 Å². The molecule has 0 aliphatic carbocycles. The first-order valence-corrected chi connectivity index (χ1v) is 8.91. The molecule has 134 valence electrons. The van der Waals surface area contributed by atoms with Gasteiger partial charge in [0.15, 0.2) is 0 Å². The van der Waals surface area contributed by atoms with Gasteiger partial charge in [-0.2, -0.15) is 0 Å². The summed E-state index contributed by atoms with van der Waals surface area (Å²) < 4.78 is 11.0. The molecule has 3 rings (SSSR count). The summed E-state index contributed by atoms with van der Waals surface area (Å²) in [6, 6.07) is 13.9. The molecule has 1 aromatic heterocycles. The molecule has 0 aliphatic rings. The van der Waals surface area contributed by atoms with Gasteiger partial charge < -0.3 is 19.6 Å². The van der Waals surface area contributed by atoms with E-state index in [0.29, 0.717) is 23.4 Å². The fraction of sp³-hybridized carbons (Fsp3) is 0.167. The summed E-state index contributed by atoms with van der Waals surface area (Å²) >= 11 is 1.12. The van der Waals surface area contributed by atoms with E-state index in [1.54, 1.807) is 18.2 Å². The molecule has 7 nitrogen and oxygen atoms in total. The van der Waals surface area contributed by atoms with Gasteiger partial charge in [0.1, 0.15) is 11.5 Å². The zero-order valence-corrected chi connectivity index (χ0v) is 14.8. The lowest BCUT2D eigenvalue weighted by molar-refractivity contribution is -0.113. The summed E-state index contributed by atoms with van der Waals surface area (Å²) in [6.45, 7) is 2.52. The number of ether oxygens (including phenoxy) is 1. The van der Waals surface area contributed by atoms with E-state index >= 15 is 0 Å². The van der Waals surface area contributed by atoms with E-state index in [4.69, 9.17) is 9.15 Å². The minimum Gasteiger partial charge on any atom is -0.506 e. The monoisotopic (exact) mass is 371 g/mol. The Hall–Kier alpha value is -3.00. The van der Waals surface area contributed by atoms with E-state index in [2.05, 4.69) is 15.5 Å². The molecule has 0 fully saturated rings. The largest absolute Gasteiger partial charge is 0.506 e. The second-order valence-electron chi connectivity index (χ2n) is 5.18. The molecule has 0 unspecified atom stereocenters. The first-order valence-electron chi connectivity index (χ1n) is 7.93. The van der Waals surface area contributed by atoms with Gasteiger partial charge in [0.2, 0.25) is 11.8 Å². The number of phenolic OH excluding ortho intramolecular Hbond substituents is 1. The van der Waals surface area contributed by atoms with Gasteiger partial charge in [0.05, 0.1) is 18.0 Å². The molecule has 0 saturated heterocycles. The van der Waals surface area contributed by atoms with Crippen molar-refractivity contribution in [3.05, 3.63) is 48.5 Å². The van der Waals surface area contributed by atoms with Gasteiger partial charge in [0.25, 0.3) is 5.22 Å². The fourth-order valence-corrected chi connectivity index (χ4v) is 2.70. The molecule has 0 radical (unpaired) electrons. The number of para-hydroxylation sites is 2. The average Bonchev–Trinajstić information content (AvgIpc) is 3.12. The summed E-state index contributed by atoms with van der Waals surface area (Å²) in [5.74, 6) is 0.959.